The molecular formula is C22H25N3O7. The van der Waals surface area contributed by atoms with E-state index in [1.807, 2.05) is 0 Å². The second-order valence-corrected chi connectivity index (χ2v) is 8.65. The Bertz CT molecular complexity index is 1150. The van der Waals surface area contributed by atoms with Gasteiger partial charge in [0.1, 0.15) is 22.8 Å². The lowest BCUT2D eigenvalue weighted by molar-refractivity contribution is -0.163. The molecular weight excluding hydrogens is 418 g/mol. The molecule has 0 aliphatic heterocycles. The van der Waals surface area contributed by atoms with E-state index < -0.39 is 57.5 Å². The molecule has 1 fully saturated rings. The van der Waals surface area contributed by atoms with E-state index in [0.717, 1.165) is 0 Å². The first kappa shape index (κ1) is 21.8. The molecule has 170 valence electrons. The van der Waals surface area contributed by atoms with Gasteiger partial charge >= 0.3 is 0 Å². The number of nitrogens with two attached hydrogens (primary N) is 1. The number of nitrogens with one attached hydrogen (secondary N) is 2. The number of fused-ring (bicyclic) bond motifs is 3. The van der Waals surface area contributed by atoms with Crippen molar-refractivity contribution >= 4 is 28.9 Å². The molecule has 4 rings (SSSR count). The average molecular weight is 443 g/mol. The Kier molecular flexibility index (Phi) is 4.65. The Morgan fingerprint density at radius 1 is 1.16 bits per heavy atom. The third kappa shape index (κ3) is 2.44. The van der Waals surface area contributed by atoms with Crippen LogP contribution in [0.15, 0.2) is 29.0 Å². The van der Waals surface area contributed by atoms with Gasteiger partial charge in [0.25, 0.3) is 5.91 Å². The lowest BCUT2D eigenvalue weighted by Crippen LogP contribution is -2.71. The largest absolute Gasteiger partial charge is 0.509 e. The number of phenols is 1. The van der Waals surface area contributed by atoms with Crippen LogP contribution in [0.1, 0.15) is 24.5 Å². The highest BCUT2D eigenvalue weighted by Crippen LogP contribution is 2.54. The summed E-state index contributed by atoms with van der Waals surface area (Å²) in [5, 5.41) is 49.5. The highest BCUT2D eigenvalue weighted by atomic mass is 16.3. The van der Waals surface area contributed by atoms with Gasteiger partial charge in [-0.05, 0) is 50.4 Å². The Labute approximate surface area is 183 Å². The second-order valence-electron chi connectivity index (χ2n) is 8.65. The lowest BCUT2D eigenvalue weighted by atomic mass is 9.53. The van der Waals surface area contributed by atoms with E-state index >= 15 is 0 Å². The molecule has 0 bridgehead atoms. The van der Waals surface area contributed by atoms with E-state index in [9.17, 15) is 34.8 Å². The second kappa shape index (κ2) is 6.81. The fourth-order valence-corrected chi connectivity index (χ4v) is 5.49. The van der Waals surface area contributed by atoms with Crippen molar-refractivity contribution in [3.05, 3.63) is 40.2 Å². The van der Waals surface area contributed by atoms with E-state index in [2.05, 4.69) is 10.6 Å². The third-order valence-corrected chi connectivity index (χ3v) is 7.29. The van der Waals surface area contributed by atoms with E-state index in [0.29, 0.717) is 11.3 Å². The van der Waals surface area contributed by atoms with E-state index in [-0.39, 0.29) is 29.7 Å². The molecule has 1 unspecified atom stereocenters. The Balaban J connectivity index is 1.99. The maximum atomic E-state index is 13.6. The number of hydrogen-bond acceptors (Lipinski definition) is 9. The van der Waals surface area contributed by atoms with Gasteiger partial charge in [0.2, 0.25) is 11.6 Å². The number of carbonyl (C=O) groups excluding carboxylic acids is 3. The normalized spacial score (nSPS) is 31.8. The zero-order chi connectivity index (χ0) is 23.7. The zero-order valence-corrected chi connectivity index (χ0v) is 17.8. The molecule has 0 aromatic heterocycles. The molecule has 0 radical (unpaired) electrons. The number of hydrogen-bond donors (Lipinski definition) is 7. The Hall–Kier alpha value is -3.37. The van der Waals surface area contributed by atoms with E-state index in [1.165, 1.54) is 20.0 Å². The van der Waals surface area contributed by atoms with Gasteiger partial charge in [-0.25, -0.2) is 0 Å². The number of ketones is 2. The standard InChI is InChI=1S/C22H25N3O7/c1-21(25-3)12-7-8-6-9-10(24-2)4-5-11(26)14(9)16(27)13(8)18(29)22(12,32)19(30)15(17(21)28)20(23)31/h4-5,8,12,24-28,32H,6-7H2,1-3H3,(H2,23,31)/t8-,12-,21?,22-/m0/s1. The number of aromatic hydroxyl groups is 1. The molecule has 32 heavy (non-hydrogen) atoms. The molecule has 10 heteroatoms. The first-order valence-corrected chi connectivity index (χ1v) is 10.2. The van der Waals surface area contributed by atoms with Crippen molar-refractivity contribution in [1.82, 2.24) is 5.32 Å². The van der Waals surface area contributed by atoms with Crippen molar-refractivity contribution in [2.45, 2.75) is 30.9 Å². The third-order valence-electron chi connectivity index (χ3n) is 7.29. The number of carbonyl (C=O) groups is 3. The maximum Gasteiger partial charge on any atom is 0.255 e. The summed E-state index contributed by atoms with van der Waals surface area (Å²) in [5.41, 5.74) is 1.27. The van der Waals surface area contributed by atoms with Crippen LogP contribution in [0, 0.1) is 11.8 Å². The van der Waals surface area contributed by atoms with Gasteiger partial charge < -0.3 is 36.8 Å². The molecule has 1 aromatic carbocycles. The zero-order valence-electron chi connectivity index (χ0n) is 17.8. The summed E-state index contributed by atoms with van der Waals surface area (Å²) >= 11 is 0. The fraction of sp³-hybridized carbons (Fsp3) is 0.409. The summed E-state index contributed by atoms with van der Waals surface area (Å²) in [5.74, 6) is -6.84. The lowest BCUT2D eigenvalue weighted by Gasteiger charge is -2.53. The van der Waals surface area contributed by atoms with Crippen LogP contribution in [-0.2, 0) is 20.8 Å². The minimum Gasteiger partial charge on any atom is -0.509 e. The number of likely N-dealkylation sites (N-methyl/N-ethyl adjacent to an activating group) is 1. The highest BCUT2D eigenvalue weighted by Gasteiger charge is 2.67. The highest BCUT2D eigenvalue weighted by molar-refractivity contribution is 6.33. The number of aliphatic hydroxyl groups excluding tert-OH is 2. The van der Waals surface area contributed by atoms with Gasteiger partial charge in [0.05, 0.1) is 11.1 Å². The van der Waals surface area contributed by atoms with Crippen molar-refractivity contribution in [2.24, 2.45) is 17.6 Å². The number of phenolic OH excluding ortho intramolecular Hbond substituents is 1. The number of primary amides is 1. The summed E-state index contributed by atoms with van der Waals surface area (Å²) in [6.45, 7) is 1.47. The number of anilines is 1. The summed E-state index contributed by atoms with van der Waals surface area (Å²) in [6, 6.07) is 3.01. The van der Waals surface area contributed by atoms with Gasteiger partial charge in [0.15, 0.2) is 5.60 Å². The predicted molar refractivity (Wildman–Crippen MR) is 114 cm³/mol. The van der Waals surface area contributed by atoms with Gasteiger partial charge in [-0.1, -0.05) is 0 Å². The van der Waals surface area contributed by atoms with Crippen molar-refractivity contribution in [1.29, 1.82) is 0 Å². The molecule has 3 aliphatic rings. The smallest absolute Gasteiger partial charge is 0.255 e. The summed E-state index contributed by atoms with van der Waals surface area (Å²) < 4.78 is 0. The van der Waals surface area contributed by atoms with E-state index in [1.54, 1.807) is 13.1 Å². The average Bonchev–Trinajstić information content (AvgIpc) is 2.74. The van der Waals surface area contributed by atoms with Crippen LogP contribution in [-0.4, -0.2) is 63.1 Å². The fourth-order valence-electron chi connectivity index (χ4n) is 5.49. The number of rotatable bonds is 3. The minimum atomic E-state index is -2.73. The molecule has 4 atom stereocenters. The van der Waals surface area contributed by atoms with Crippen molar-refractivity contribution in [3.63, 3.8) is 0 Å². The summed E-state index contributed by atoms with van der Waals surface area (Å²) in [6.07, 6.45) is 0.262. The molecule has 1 aromatic rings. The van der Waals surface area contributed by atoms with Gasteiger partial charge in [-0.2, -0.15) is 0 Å². The first-order valence-electron chi connectivity index (χ1n) is 10.2. The molecule has 0 saturated heterocycles. The van der Waals surface area contributed by atoms with Crippen LogP contribution in [0.3, 0.4) is 0 Å². The monoisotopic (exact) mass is 443 g/mol. The van der Waals surface area contributed by atoms with Crippen LogP contribution in [0.5, 0.6) is 5.75 Å². The van der Waals surface area contributed by atoms with Crippen molar-refractivity contribution < 1.29 is 34.8 Å². The van der Waals surface area contributed by atoms with Gasteiger partial charge in [-0.15, -0.1) is 0 Å². The number of aliphatic hydroxyl groups is 3. The van der Waals surface area contributed by atoms with Crippen LogP contribution < -0.4 is 16.4 Å². The molecule has 3 aliphatic carbocycles. The van der Waals surface area contributed by atoms with E-state index in [4.69, 9.17) is 5.73 Å². The Morgan fingerprint density at radius 3 is 2.38 bits per heavy atom. The topological polar surface area (TPSA) is 182 Å². The van der Waals surface area contributed by atoms with Gasteiger partial charge in [0, 0.05) is 24.2 Å². The summed E-state index contributed by atoms with van der Waals surface area (Å²) in [4.78, 5) is 38.7. The number of benzene rings is 1. The molecule has 1 amide bonds. The summed E-state index contributed by atoms with van der Waals surface area (Å²) in [7, 11) is 3.14. The van der Waals surface area contributed by atoms with Gasteiger partial charge in [-0.3, -0.25) is 14.4 Å². The van der Waals surface area contributed by atoms with Crippen LogP contribution in [0.2, 0.25) is 0 Å². The first-order chi connectivity index (χ1) is 14.9. The molecule has 8 N–H and O–H groups in total. The minimum absolute atomic E-state index is 0.0269. The van der Waals surface area contributed by atoms with Crippen molar-refractivity contribution in [2.75, 3.05) is 19.4 Å². The van der Waals surface area contributed by atoms with Crippen molar-refractivity contribution in [3.8, 4) is 5.75 Å². The van der Waals surface area contributed by atoms with Crippen LogP contribution >= 0.6 is 0 Å². The number of Topliss-reactive ketones (excluding diaryl/α,β-unsaturated/α-hetero) is 2. The Morgan fingerprint density at radius 2 is 1.81 bits per heavy atom. The molecule has 1 saturated carbocycles. The van der Waals surface area contributed by atoms with Crippen LogP contribution in [0.4, 0.5) is 5.69 Å². The molecule has 10 nitrogen and oxygen atoms in total. The van der Waals surface area contributed by atoms with Crippen LogP contribution in [0.25, 0.3) is 5.76 Å². The quantitative estimate of drug-likeness (QED) is 0.193. The predicted octanol–water partition coefficient (Wildman–Crippen LogP) is 0.0536. The SMILES string of the molecule is CNc1ccc(O)c2c1C[C@H]1C[C@H]3C(C)(NC)C(O)=C(C(N)=O)C(=O)[C@@]3(O)C(=O)C1=C2O. The number of amides is 1. The maximum absolute atomic E-state index is 13.6. The molecule has 0 spiro atoms. The molecule has 0 heterocycles.